The molecule has 0 bridgehead atoms. The second-order valence-corrected chi connectivity index (χ2v) is 4.11. The molecule has 0 amide bonds. The zero-order valence-electron chi connectivity index (χ0n) is 8.99. The predicted octanol–water partition coefficient (Wildman–Crippen LogP) is 1.70. The van der Waals surface area contributed by atoms with Crippen molar-refractivity contribution in [3.8, 4) is 0 Å². The van der Waals surface area contributed by atoms with Crippen molar-refractivity contribution in [2.45, 2.75) is 25.8 Å². The van der Waals surface area contributed by atoms with Crippen LogP contribution in [-0.4, -0.2) is 22.9 Å². The fraction of sp³-hybridized carbons (Fsp3) is 0.333. The number of Topliss-reactive ketones (excluding diaryl/α,β-unsaturated/α-hetero) is 1. The number of benzene rings is 1. The topological polar surface area (TPSA) is 66.4 Å². The standard InChI is InChI=1S/C12H13NO3/c1-7-5-9(14)6-8-3-2-4-10(12(15)16)11(8)13-7/h2-4,7,13H,5-6H2,1H3,(H,15,16)/t7-/m1/s1. The summed E-state index contributed by atoms with van der Waals surface area (Å²) in [6.07, 6.45) is 0.752. The average molecular weight is 219 g/mol. The molecular formula is C12H13NO3. The molecule has 1 heterocycles. The van der Waals surface area contributed by atoms with E-state index in [4.69, 9.17) is 5.11 Å². The maximum Gasteiger partial charge on any atom is 0.337 e. The highest BCUT2D eigenvalue weighted by Crippen LogP contribution is 2.26. The molecule has 1 atom stereocenters. The minimum atomic E-state index is -0.967. The SMILES string of the molecule is C[C@@H]1CC(=O)Cc2cccc(C(=O)O)c2N1. The maximum atomic E-state index is 11.5. The van der Waals surface area contributed by atoms with E-state index in [0.29, 0.717) is 18.5 Å². The van der Waals surface area contributed by atoms with E-state index in [1.807, 2.05) is 6.92 Å². The van der Waals surface area contributed by atoms with Gasteiger partial charge < -0.3 is 10.4 Å². The Morgan fingerprint density at radius 3 is 2.94 bits per heavy atom. The number of nitrogens with one attached hydrogen (secondary N) is 1. The van der Waals surface area contributed by atoms with Crippen LogP contribution in [0.1, 0.15) is 29.3 Å². The Hall–Kier alpha value is -1.84. The van der Waals surface area contributed by atoms with Gasteiger partial charge in [0.1, 0.15) is 5.78 Å². The normalized spacial score (nSPS) is 19.6. The molecule has 1 aliphatic rings. The third kappa shape index (κ3) is 1.91. The van der Waals surface area contributed by atoms with Crippen molar-refractivity contribution in [2.24, 2.45) is 0 Å². The lowest BCUT2D eigenvalue weighted by Gasteiger charge is -2.14. The van der Waals surface area contributed by atoms with Gasteiger partial charge in [0.2, 0.25) is 0 Å². The Morgan fingerprint density at radius 1 is 1.50 bits per heavy atom. The van der Waals surface area contributed by atoms with Crippen molar-refractivity contribution >= 4 is 17.4 Å². The number of anilines is 1. The van der Waals surface area contributed by atoms with E-state index >= 15 is 0 Å². The van der Waals surface area contributed by atoms with Gasteiger partial charge in [-0.15, -0.1) is 0 Å². The molecule has 1 aromatic carbocycles. The van der Waals surface area contributed by atoms with Gasteiger partial charge in [-0.05, 0) is 18.6 Å². The summed E-state index contributed by atoms with van der Waals surface area (Å²) in [5, 5.41) is 12.2. The summed E-state index contributed by atoms with van der Waals surface area (Å²) in [6, 6.07) is 5.00. The van der Waals surface area contributed by atoms with Crippen LogP contribution in [0, 0.1) is 0 Å². The van der Waals surface area contributed by atoms with Gasteiger partial charge >= 0.3 is 5.97 Å². The fourth-order valence-corrected chi connectivity index (χ4v) is 2.02. The number of ketones is 1. The largest absolute Gasteiger partial charge is 0.478 e. The first kappa shape index (κ1) is 10.7. The third-order valence-corrected chi connectivity index (χ3v) is 2.69. The highest BCUT2D eigenvalue weighted by molar-refractivity contribution is 5.97. The molecule has 0 fully saturated rings. The molecule has 4 nitrogen and oxygen atoms in total. The molecular weight excluding hydrogens is 206 g/mol. The second-order valence-electron chi connectivity index (χ2n) is 4.11. The molecule has 16 heavy (non-hydrogen) atoms. The van der Waals surface area contributed by atoms with Crippen LogP contribution < -0.4 is 5.32 Å². The van der Waals surface area contributed by atoms with Gasteiger partial charge in [0.25, 0.3) is 0 Å². The zero-order valence-corrected chi connectivity index (χ0v) is 8.99. The Bertz CT molecular complexity index is 454. The van der Waals surface area contributed by atoms with E-state index in [1.165, 1.54) is 0 Å². The molecule has 0 aliphatic carbocycles. The quantitative estimate of drug-likeness (QED) is 0.754. The van der Waals surface area contributed by atoms with Crippen LogP contribution in [0.4, 0.5) is 5.69 Å². The molecule has 0 saturated heterocycles. The van der Waals surface area contributed by atoms with Gasteiger partial charge in [0.15, 0.2) is 0 Å². The summed E-state index contributed by atoms with van der Waals surface area (Å²) in [4.78, 5) is 22.6. The van der Waals surface area contributed by atoms with Gasteiger partial charge in [-0.25, -0.2) is 4.79 Å². The Morgan fingerprint density at radius 2 is 2.25 bits per heavy atom. The van der Waals surface area contributed by atoms with Crippen LogP contribution in [0.5, 0.6) is 0 Å². The lowest BCUT2D eigenvalue weighted by Crippen LogP contribution is -2.18. The van der Waals surface area contributed by atoms with E-state index in [0.717, 1.165) is 5.56 Å². The minimum absolute atomic E-state index is 0.0192. The Kier molecular flexibility index (Phi) is 2.64. The van der Waals surface area contributed by atoms with Crippen molar-refractivity contribution in [1.82, 2.24) is 0 Å². The van der Waals surface area contributed by atoms with Crippen LogP contribution in [0.3, 0.4) is 0 Å². The molecule has 0 unspecified atom stereocenters. The van der Waals surface area contributed by atoms with Crippen LogP contribution in [-0.2, 0) is 11.2 Å². The predicted molar refractivity (Wildman–Crippen MR) is 59.8 cm³/mol. The van der Waals surface area contributed by atoms with E-state index in [-0.39, 0.29) is 17.4 Å². The van der Waals surface area contributed by atoms with Gasteiger partial charge in [-0.1, -0.05) is 12.1 Å². The number of carboxylic acids is 1. The van der Waals surface area contributed by atoms with Crippen LogP contribution in [0.15, 0.2) is 18.2 Å². The highest BCUT2D eigenvalue weighted by Gasteiger charge is 2.22. The average Bonchev–Trinajstić information content (AvgIpc) is 2.33. The lowest BCUT2D eigenvalue weighted by molar-refractivity contribution is -0.118. The summed E-state index contributed by atoms with van der Waals surface area (Å²) in [5.41, 5.74) is 1.60. The Labute approximate surface area is 93.3 Å². The smallest absolute Gasteiger partial charge is 0.337 e. The molecule has 1 aliphatic heterocycles. The number of aromatic carboxylic acids is 1. The second kappa shape index (κ2) is 3.96. The van der Waals surface area contributed by atoms with E-state index in [1.54, 1.807) is 18.2 Å². The van der Waals surface area contributed by atoms with Gasteiger partial charge in [0, 0.05) is 18.9 Å². The first-order valence-corrected chi connectivity index (χ1v) is 5.21. The Balaban J connectivity index is 2.52. The van der Waals surface area contributed by atoms with Crippen molar-refractivity contribution in [1.29, 1.82) is 0 Å². The van der Waals surface area contributed by atoms with Gasteiger partial charge in [-0.2, -0.15) is 0 Å². The first-order valence-electron chi connectivity index (χ1n) is 5.21. The number of carbonyl (C=O) groups excluding carboxylic acids is 1. The van der Waals surface area contributed by atoms with Crippen molar-refractivity contribution in [3.05, 3.63) is 29.3 Å². The van der Waals surface area contributed by atoms with Crippen molar-refractivity contribution < 1.29 is 14.7 Å². The molecule has 1 aromatic rings. The molecule has 4 heteroatoms. The number of fused-ring (bicyclic) bond motifs is 1. The fourth-order valence-electron chi connectivity index (χ4n) is 2.02. The monoisotopic (exact) mass is 219 g/mol. The third-order valence-electron chi connectivity index (χ3n) is 2.69. The summed E-state index contributed by atoms with van der Waals surface area (Å²) in [6.45, 7) is 1.88. The zero-order chi connectivity index (χ0) is 11.7. The number of hydrogen-bond donors (Lipinski definition) is 2. The van der Waals surface area contributed by atoms with Crippen LogP contribution in [0.2, 0.25) is 0 Å². The number of rotatable bonds is 1. The van der Waals surface area contributed by atoms with E-state index in [9.17, 15) is 9.59 Å². The van der Waals surface area contributed by atoms with E-state index < -0.39 is 5.97 Å². The molecule has 0 aromatic heterocycles. The molecule has 84 valence electrons. The number of carbonyl (C=O) groups is 2. The molecule has 2 N–H and O–H groups in total. The van der Waals surface area contributed by atoms with Crippen LogP contribution in [0.25, 0.3) is 0 Å². The molecule has 0 saturated carbocycles. The number of hydrogen-bond acceptors (Lipinski definition) is 3. The van der Waals surface area contributed by atoms with Crippen molar-refractivity contribution in [3.63, 3.8) is 0 Å². The summed E-state index contributed by atoms with van der Waals surface area (Å²) >= 11 is 0. The minimum Gasteiger partial charge on any atom is -0.478 e. The number of carboxylic acid groups (broad SMARTS) is 1. The maximum absolute atomic E-state index is 11.5. The summed E-state index contributed by atoms with van der Waals surface area (Å²) in [5.74, 6) is -0.827. The van der Waals surface area contributed by atoms with Crippen LogP contribution >= 0.6 is 0 Å². The lowest BCUT2D eigenvalue weighted by atomic mass is 10.0. The summed E-state index contributed by atoms with van der Waals surface area (Å²) in [7, 11) is 0. The summed E-state index contributed by atoms with van der Waals surface area (Å²) < 4.78 is 0. The number of para-hydroxylation sites is 1. The van der Waals surface area contributed by atoms with E-state index in [2.05, 4.69) is 5.32 Å². The van der Waals surface area contributed by atoms with Gasteiger partial charge in [0.05, 0.1) is 11.3 Å². The van der Waals surface area contributed by atoms with Gasteiger partial charge in [-0.3, -0.25) is 4.79 Å². The van der Waals surface area contributed by atoms with Crippen molar-refractivity contribution in [2.75, 3.05) is 5.32 Å². The molecule has 2 rings (SSSR count). The highest BCUT2D eigenvalue weighted by atomic mass is 16.4. The molecule has 0 spiro atoms. The molecule has 0 radical (unpaired) electrons. The first-order chi connectivity index (χ1) is 7.58.